The number of carbonyl (C=O) groups is 2. The number of H-pyrrole nitrogens is 1. The zero-order valence-corrected chi connectivity index (χ0v) is 15.8. The van der Waals surface area contributed by atoms with Crippen molar-refractivity contribution in [3.05, 3.63) is 102 Å². The zero-order chi connectivity index (χ0) is 20.7. The van der Waals surface area contributed by atoms with Gasteiger partial charge < -0.3 is 19.4 Å². The molecule has 0 bridgehead atoms. The first-order valence-corrected chi connectivity index (χ1v) is 9.42. The lowest BCUT2D eigenvalue weighted by molar-refractivity contribution is -0.130. The maximum Gasteiger partial charge on any atom is 0.290 e. The van der Waals surface area contributed by atoms with Gasteiger partial charge in [0.2, 0.25) is 5.78 Å². The van der Waals surface area contributed by atoms with E-state index >= 15 is 0 Å². The van der Waals surface area contributed by atoms with Crippen LogP contribution in [0.2, 0.25) is 0 Å². The molecule has 0 radical (unpaired) electrons. The molecule has 0 saturated carbocycles. The number of fused-ring (bicyclic) bond motifs is 1. The summed E-state index contributed by atoms with van der Waals surface area (Å²) in [6.07, 6.45) is 6.46. The summed E-state index contributed by atoms with van der Waals surface area (Å²) < 4.78 is 5.26. The largest absolute Gasteiger partial charge is 0.503 e. The number of para-hydroxylation sites is 1. The molecule has 1 aliphatic rings. The summed E-state index contributed by atoms with van der Waals surface area (Å²) in [4.78, 5) is 35.0. The van der Waals surface area contributed by atoms with Crippen molar-refractivity contribution in [3.8, 4) is 0 Å². The second kappa shape index (κ2) is 7.04. The highest BCUT2D eigenvalue weighted by molar-refractivity contribution is 6.15. The van der Waals surface area contributed by atoms with Gasteiger partial charge in [0, 0.05) is 41.6 Å². The first kappa shape index (κ1) is 17.9. The molecule has 148 valence electrons. The molecular formula is C23H17N3O4. The Hall–Kier alpha value is -4.13. The molecule has 30 heavy (non-hydrogen) atoms. The number of carbonyl (C=O) groups excluding carboxylic acids is 2. The molecule has 0 aliphatic carbocycles. The third-order valence-electron chi connectivity index (χ3n) is 5.28. The number of ketones is 1. The third-order valence-corrected chi connectivity index (χ3v) is 5.28. The predicted molar refractivity (Wildman–Crippen MR) is 109 cm³/mol. The summed E-state index contributed by atoms with van der Waals surface area (Å²) in [5.41, 5.74) is 2.39. The molecule has 0 spiro atoms. The van der Waals surface area contributed by atoms with Crippen LogP contribution in [0.25, 0.3) is 10.9 Å². The topological polar surface area (TPSA) is 99.4 Å². The second-order valence-electron chi connectivity index (χ2n) is 7.06. The zero-order valence-electron chi connectivity index (χ0n) is 15.8. The first-order valence-electron chi connectivity index (χ1n) is 9.42. The fourth-order valence-electron chi connectivity index (χ4n) is 3.92. The van der Waals surface area contributed by atoms with Gasteiger partial charge >= 0.3 is 0 Å². The molecule has 0 saturated heterocycles. The average Bonchev–Trinajstić information content (AvgIpc) is 3.50. The summed E-state index contributed by atoms with van der Waals surface area (Å²) in [6.45, 7) is 0.190. The number of benzene rings is 1. The normalized spacial score (nSPS) is 16.6. The van der Waals surface area contributed by atoms with E-state index in [0.717, 1.165) is 22.0 Å². The summed E-state index contributed by atoms with van der Waals surface area (Å²) >= 11 is 0. The number of aromatic nitrogens is 2. The van der Waals surface area contributed by atoms with E-state index in [1.807, 2.05) is 30.3 Å². The Labute approximate surface area is 171 Å². The van der Waals surface area contributed by atoms with Gasteiger partial charge in [0.05, 0.1) is 17.9 Å². The van der Waals surface area contributed by atoms with Gasteiger partial charge in [-0.25, -0.2) is 0 Å². The van der Waals surface area contributed by atoms with E-state index < -0.39 is 23.5 Å². The minimum absolute atomic E-state index is 0.00333. The van der Waals surface area contributed by atoms with Crippen LogP contribution in [0.15, 0.2) is 89.1 Å². The fraction of sp³-hybridized carbons (Fsp3) is 0.0870. The van der Waals surface area contributed by atoms with Crippen molar-refractivity contribution in [2.75, 3.05) is 0 Å². The highest BCUT2D eigenvalue weighted by Gasteiger charge is 2.45. The SMILES string of the molecule is O=C(C1=C(O)C(=O)N(Cc2cccnc2)C1c1c[nH]c2ccccc12)c1ccco1. The van der Waals surface area contributed by atoms with Gasteiger partial charge in [0.15, 0.2) is 11.5 Å². The molecule has 1 aromatic carbocycles. The van der Waals surface area contributed by atoms with Crippen molar-refractivity contribution >= 4 is 22.6 Å². The number of pyridine rings is 1. The van der Waals surface area contributed by atoms with Crippen LogP contribution in [0.1, 0.15) is 27.7 Å². The Morgan fingerprint density at radius 1 is 1.17 bits per heavy atom. The third kappa shape index (κ3) is 2.79. The van der Waals surface area contributed by atoms with E-state index in [9.17, 15) is 14.7 Å². The predicted octanol–water partition coefficient (Wildman–Crippen LogP) is 3.93. The monoisotopic (exact) mass is 399 g/mol. The molecule has 5 rings (SSSR count). The Kier molecular flexibility index (Phi) is 4.21. The van der Waals surface area contributed by atoms with Crippen LogP contribution >= 0.6 is 0 Å². The van der Waals surface area contributed by atoms with Gasteiger partial charge in [-0.05, 0) is 29.8 Å². The fourth-order valence-corrected chi connectivity index (χ4v) is 3.92. The van der Waals surface area contributed by atoms with E-state index in [2.05, 4.69) is 9.97 Å². The molecule has 0 fully saturated rings. The molecule has 1 aliphatic heterocycles. The van der Waals surface area contributed by atoms with Gasteiger partial charge in [-0.1, -0.05) is 24.3 Å². The molecule has 2 N–H and O–H groups in total. The Bertz CT molecular complexity index is 1270. The lowest BCUT2D eigenvalue weighted by Crippen LogP contribution is -2.30. The van der Waals surface area contributed by atoms with Crippen LogP contribution in [0, 0.1) is 0 Å². The minimum atomic E-state index is -0.772. The van der Waals surface area contributed by atoms with Crippen LogP contribution in [0.5, 0.6) is 0 Å². The number of hydrogen-bond donors (Lipinski definition) is 2. The number of nitrogens with zero attached hydrogens (tertiary/aromatic N) is 2. The maximum atomic E-state index is 13.2. The van der Waals surface area contributed by atoms with Crippen LogP contribution in [-0.2, 0) is 11.3 Å². The standard InChI is InChI=1S/C23H17N3O4/c27-21(18-8-4-10-30-18)19-20(16-12-25-17-7-2-1-6-15(16)17)26(23(29)22(19)28)13-14-5-3-9-24-11-14/h1-12,20,25,28H,13H2. The quantitative estimate of drug-likeness (QED) is 0.495. The van der Waals surface area contributed by atoms with Gasteiger partial charge in [-0.3, -0.25) is 14.6 Å². The highest BCUT2D eigenvalue weighted by atomic mass is 16.3. The van der Waals surface area contributed by atoms with Crippen molar-refractivity contribution in [2.24, 2.45) is 0 Å². The number of furan rings is 1. The Morgan fingerprint density at radius 3 is 2.80 bits per heavy atom. The van der Waals surface area contributed by atoms with Crippen LogP contribution in [0.3, 0.4) is 0 Å². The number of amides is 1. The number of aliphatic hydroxyl groups excluding tert-OH is 1. The number of aliphatic hydroxyl groups is 1. The number of Topliss-reactive ketones (excluding diaryl/α,β-unsaturated/α-hetero) is 1. The van der Waals surface area contributed by atoms with Crippen molar-refractivity contribution in [2.45, 2.75) is 12.6 Å². The van der Waals surface area contributed by atoms with E-state index in [1.165, 1.54) is 17.2 Å². The molecule has 1 amide bonds. The van der Waals surface area contributed by atoms with Crippen molar-refractivity contribution in [1.29, 1.82) is 0 Å². The van der Waals surface area contributed by atoms with Crippen molar-refractivity contribution in [3.63, 3.8) is 0 Å². The molecule has 4 heterocycles. The Balaban J connectivity index is 1.66. The van der Waals surface area contributed by atoms with Gasteiger partial charge in [0.1, 0.15) is 0 Å². The van der Waals surface area contributed by atoms with Crippen molar-refractivity contribution < 1.29 is 19.1 Å². The Morgan fingerprint density at radius 2 is 2.03 bits per heavy atom. The molecular weight excluding hydrogens is 382 g/mol. The summed E-state index contributed by atoms with van der Waals surface area (Å²) in [5.74, 6) is -1.62. The molecule has 4 aromatic rings. The number of aromatic amines is 1. The minimum Gasteiger partial charge on any atom is -0.503 e. The van der Waals surface area contributed by atoms with Gasteiger partial charge in [-0.2, -0.15) is 0 Å². The smallest absolute Gasteiger partial charge is 0.290 e. The van der Waals surface area contributed by atoms with Gasteiger partial charge in [-0.15, -0.1) is 0 Å². The van der Waals surface area contributed by atoms with E-state index in [0.29, 0.717) is 0 Å². The van der Waals surface area contributed by atoms with Gasteiger partial charge in [0.25, 0.3) is 5.91 Å². The molecule has 1 atom stereocenters. The second-order valence-corrected chi connectivity index (χ2v) is 7.06. The summed E-state index contributed by atoms with van der Waals surface area (Å²) in [5, 5.41) is 11.6. The highest BCUT2D eigenvalue weighted by Crippen LogP contribution is 2.42. The summed E-state index contributed by atoms with van der Waals surface area (Å²) in [7, 11) is 0. The molecule has 7 heteroatoms. The summed E-state index contributed by atoms with van der Waals surface area (Å²) in [6, 6.07) is 13.6. The number of rotatable bonds is 5. The maximum absolute atomic E-state index is 13.2. The number of hydrogen-bond acceptors (Lipinski definition) is 5. The van der Waals surface area contributed by atoms with Crippen LogP contribution in [0.4, 0.5) is 0 Å². The molecule has 1 unspecified atom stereocenters. The number of nitrogens with one attached hydrogen (secondary N) is 1. The van der Waals surface area contributed by atoms with Crippen LogP contribution in [-0.4, -0.2) is 31.7 Å². The lowest BCUT2D eigenvalue weighted by atomic mass is 9.94. The molecule has 7 nitrogen and oxygen atoms in total. The average molecular weight is 399 g/mol. The lowest BCUT2D eigenvalue weighted by Gasteiger charge is -2.26. The van der Waals surface area contributed by atoms with E-state index in [4.69, 9.17) is 4.42 Å². The first-order chi connectivity index (χ1) is 14.6. The van der Waals surface area contributed by atoms with E-state index in [-0.39, 0.29) is 17.9 Å². The van der Waals surface area contributed by atoms with Crippen molar-refractivity contribution in [1.82, 2.24) is 14.9 Å². The van der Waals surface area contributed by atoms with E-state index in [1.54, 1.807) is 30.7 Å². The van der Waals surface area contributed by atoms with Crippen LogP contribution < -0.4 is 0 Å². The molecule has 3 aromatic heterocycles.